The summed E-state index contributed by atoms with van der Waals surface area (Å²) in [5.41, 5.74) is 1.53. The van der Waals surface area contributed by atoms with E-state index in [0.29, 0.717) is 24.6 Å². The summed E-state index contributed by atoms with van der Waals surface area (Å²) in [6.07, 6.45) is 0.396. The Morgan fingerprint density at radius 2 is 1.97 bits per heavy atom. The minimum Gasteiger partial charge on any atom is -0.487 e. The van der Waals surface area contributed by atoms with Crippen LogP contribution in [0.1, 0.15) is 45.2 Å². The van der Waals surface area contributed by atoms with Gasteiger partial charge in [0.2, 0.25) is 10.0 Å². The lowest BCUT2D eigenvalue weighted by molar-refractivity contribution is 0.0733. The molecule has 0 radical (unpaired) electrons. The SMILES string of the molecule is CC(C)CC#Cc1ccc2c(c1)O[C@H](CN(C)Cc1cccc(F)c1)[C@H](C)CN([C@@H](C)CO)S2(=O)=O. The average Bonchev–Trinajstić information content (AvgIpc) is 2.80. The van der Waals surface area contributed by atoms with Crippen molar-refractivity contribution in [1.29, 1.82) is 0 Å². The Bertz CT molecular complexity index is 1210. The molecule has 8 heteroatoms. The van der Waals surface area contributed by atoms with Gasteiger partial charge in [-0.05, 0) is 55.8 Å². The Hall–Kier alpha value is -2.44. The van der Waals surface area contributed by atoms with Gasteiger partial charge in [0.05, 0.1) is 6.61 Å². The molecule has 3 atom stereocenters. The van der Waals surface area contributed by atoms with Gasteiger partial charge in [-0.2, -0.15) is 4.31 Å². The van der Waals surface area contributed by atoms with Crippen molar-refractivity contribution in [2.24, 2.45) is 11.8 Å². The Morgan fingerprint density at radius 1 is 1.22 bits per heavy atom. The Balaban J connectivity index is 1.96. The van der Waals surface area contributed by atoms with Gasteiger partial charge in [-0.15, -0.1) is 0 Å². The minimum absolute atomic E-state index is 0.0712. The maximum atomic E-state index is 13.7. The van der Waals surface area contributed by atoms with E-state index in [9.17, 15) is 17.9 Å². The van der Waals surface area contributed by atoms with Gasteiger partial charge in [-0.1, -0.05) is 44.7 Å². The van der Waals surface area contributed by atoms with Crippen molar-refractivity contribution in [3.05, 3.63) is 59.4 Å². The summed E-state index contributed by atoms with van der Waals surface area (Å²) in [5, 5.41) is 9.80. The maximum absolute atomic E-state index is 13.7. The summed E-state index contributed by atoms with van der Waals surface area (Å²) in [6.45, 7) is 8.77. The number of halogens is 1. The van der Waals surface area contributed by atoms with Crippen molar-refractivity contribution < 1.29 is 22.7 Å². The molecule has 3 rings (SSSR count). The molecule has 0 saturated heterocycles. The summed E-state index contributed by atoms with van der Waals surface area (Å²) in [6, 6.07) is 10.8. The second-order valence-electron chi connectivity index (χ2n) is 10.1. The second-order valence-corrected chi connectivity index (χ2v) is 12.0. The first-order chi connectivity index (χ1) is 17.0. The van der Waals surface area contributed by atoms with E-state index in [2.05, 4.69) is 25.7 Å². The Kier molecular flexibility index (Phi) is 9.53. The number of hydrogen-bond acceptors (Lipinski definition) is 5. The van der Waals surface area contributed by atoms with Crippen molar-refractivity contribution in [3.63, 3.8) is 0 Å². The van der Waals surface area contributed by atoms with Crippen LogP contribution in [0.3, 0.4) is 0 Å². The van der Waals surface area contributed by atoms with Gasteiger partial charge in [0.1, 0.15) is 22.6 Å². The zero-order chi connectivity index (χ0) is 26.5. The molecule has 0 saturated carbocycles. The molecule has 1 heterocycles. The van der Waals surface area contributed by atoms with Crippen LogP contribution in [0.2, 0.25) is 0 Å². The largest absolute Gasteiger partial charge is 0.487 e. The standard InChI is InChI=1S/C28H37FN2O4S/c1-20(2)8-6-9-23-12-13-28-26(15-23)35-27(18-30(5)17-24-10-7-11-25(29)14-24)21(3)16-31(22(4)19-32)36(28,33)34/h7,10-15,20-22,27,32H,8,16-19H2,1-5H3/t21-,22+,27-/m1/s1. The number of rotatable bonds is 7. The molecular formula is C28H37FN2O4S. The zero-order valence-corrected chi connectivity index (χ0v) is 22.6. The first-order valence-electron chi connectivity index (χ1n) is 12.4. The number of benzene rings is 2. The third kappa shape index (κ3) is 7.07. The number of likely N-dealkylation sites (N-methyl/N-ethyl adjacent to an activating group) is 1. The number of aliphatic hydroxyl groups is 1. The lowest BCUT2D eigenvalue weighted by atomic mass is 10.0. The third-order valence-corrected chi connectivity index (χ3v) is 8.26. The highest BCUT2D eigenvalue weighted by molar-refractivity contribution is 7.89. The number of ether oxygens (including phenoxy) is 1. The van der Waals surface area contributed by atoms with E-state index in [4.69, 9.17) is 4.74 Å². The molecule has 0 amide bonds. The van der Waals surface area contributed by atoms with E-state index in [1.165, 1.54) is 16.4 Å². The van der Waals surface area contributed by atoms with Crippen molar-refractivity contribution >= 4 is 10.0 Å². The summed E-state index contributed by atoms with van der Waals surface area (Å²) >= 11 is 0. The molecule has 0 spiro atoms. The smallest absolute Gasteiger partial charge is 0.247 e. The lowest BCUT2D eigenvalue weighted by Gasteiger charge is -2.37. The van der Waals surface area contributed by atoms with Crippen LogP contribution >= 0.6 is 0 Å². The molecule has 0 unspecified atom stereocenters. The third-order valence-electron chi connectivity index (χ3n) is 6.24. The van der Waals surface area contributed by atoms with Gasteiger partial charge in [0.25, 0.3) is 0 Å². The first-order valence-corrected chi connectivity index (χ1v) is 13.8. The molecule has 196 valence electrons. The molecule has 6 nitrogen and oxygen atoms in total. The molecule has 0 bridgehead atoms. The van der Waals surface area contributed by atoms with Gasteiger partial charge >= 0.3 is 0 Å². The molecule has 1 N–H and O–H groups in total. The Morgan fingerprint density at radius 3 is 2.64 bits per heavy atom. The van der Waals surface area contributed by atoms with Gasteiger partial charge in [-0.3, -0.25) is 4.90 Å². The Labute approximate surface area is 215 Å². The van der Waals surface area contributed by atoms with Crippen molar-refractivity contribution in [2.75, 3.05) is 26.7 Å². The van der Waals surface area contributed by atoms with E-state index in [1.54, 1.807) is 31.2 Å². The van der Waals surface area contributed by atoms with Crippen molar-refractivity contribution in [3.8, 4) is 17.6 Å². The fraction of sp³-hybridized carbons (Fsp3) is 0.500. The van der Waals surface area contributed by atoms with Crippen LogP contribution in [-0.2, 0) is 16.6 Å². The highest BCUT2D eigenvalue weighted by Gasteiger charge is 2.38. The normalized spacial score (nSPS) is 20.6. The number of hydrogen-bond donors (Lipinski definition) is 1. The van der Waals surface area contributed by atoms with Crippen LogP contribution in [0, 0.1) is 29.5 Å². The summed E-state index contributed by atoms with van der Waals surface area (Å²) in [5.74, 6) is 6.50. The molecule has 0 fully saturated rings. The molecule has 2 aromatic carbocycles. The van der Waals surface area contributed by atoms with E-state index in [1.807, 2.05) is 24.9 Å². The van der Waals surface area contributed by atoms with Crippen LogP contribution in [0.25, 0.3) is 0 Å². The predicted octanol–water partition coefficient (Wildman–Crippen LogP) is 4.12. The number of aliphatic hydroxyl groups excluding tert-OH is 1. The molecule has 36 heavy (non-hydrogen) atoms. The van der Waals surface area contributed by atoms with Crippen LogP contribution in [0.5, 0.6) is 5.75 Å². The lowest BCUT2D eigenvalue weighted by Crippen LogP contribution is -2.49. The van der Waals surface area contributed by atoms with E-state index >= 15 is 0 Å². The van der Waals surface area contributed by atoms with Gasteiger partial charge in [-0.25, -0.2) is 12.8 Å². The van der Waals surface area contributed by atoms with Crippen molar-refractivity contribution in [1.82, 2.24) is 9.21 Å². The average molecular weight is 517 g/mol. The summed E-state index contributed by atoms with van der Waals surface area (Å²) < 4.78 is 48.6. The fourth-order valence-electron chi connectivity index (χ4n) is 4.20. The van der Waals surface area contributed by atoms with Crippen molar-refractivity contribution in [2.45, 2.75) is 57.7 Å². The molecular weight excluding hydrogens is 479 g/mol. The number of fused-ring (bicyclic) bond motifs is 1. The molecule has 2 aromatic rings. The number of nitrogens with zero attached hydrogens (tertiary/aromatic N) is 2. The quantitative estimate of drug-likeness (QED) is 0.561. The molecule has 0 aromatic heterocycles. The molecule has 1 aliphatic heterocycles. The van der Waals surface area contributed by atoms with E-state index in [-0.39, 0.29) is 41.6 Å². The summed E-state index contributed by atoms with van der Waals surface area (Å²) in [4.78, 5) is 2.11. The van der Waals surface area contributed by atoms with E-state index in [0.717, 1.165) is 12.0 Å². The van der Waals surface area contributed by atoms with Crippen LogP contribution in [0.4, 0.5) is 4.39 Å². The fourth-order valence-corrected chi connectivity index (χ4v) is 6.02. The minimum atomic E-state index is -3.90. The highest BCUT2D eigenvalue weighted by Crippen LogP contribution is 2.34. The predicted molar refractivity (Wildman–Crippen MR) is 140 cm³/mol. The highest BCUT2D eigenvalue weighted by atomic mass is 32.2. The van der Waals surface area contributed by atoms with Gasteiger partial charge < -0.3 is 9.84 Å². The second kappa shape index (κ2) is 12.2. The monoisotopic (exact) mass is 516 g/mol. The van der Waals surface area contributed by atoms with Crippen LogP contribution < -0.4 is 4.74 Å². The summed E-state index contributed by atoms with van der Waals surface area (Å²) in [7, 11) is -1.97. The molecule has 0 aliphatic carbocycles. The van der Waals surface area contributed by atoms with Crippen LogP contribution in [-0.4, -0.2) is 61.6 Å². The van der Waals surface area contributed by atoms with Gasteiger partial charge in [0.15, 0.2) is 0 Å². The van der Waals surface area contributed by atoms with Gasteiger partial charge in [0, 0.05) is 43.6 Å². The maximum Gasteiger partial charge on any atom is 0.247 e. The zero-order valence-electron chi connectivity index (χ0n) is 21.7. The number of sulfonamides is 1. The molecule has 1 aliphatic rings. The van der Waals surface area contributed by atoms with E-state index < -0.39 is 16.1 Å². The topological polar surface area (TPSA) is 70.1 Å². The first kappa shape index (κ1) is 28.1. The van der Waals surface area contributed by atoms with Crippen LogP contribution in [0.15, 0.2) is 47.4 Å².